The van der Waals surface area contributed by atoms with Crippen LogP contribution in [0.3, 0.4) is 0 Å². The molecule has 0 aliphatic heterocycles. The van der Waals surface area contributed by atoms with E-state index in [1.165, 1.54) is 231 Å². The molecular weight excluding hydrogens is 925 g/mol. The highest BCUT2D eigenvalue weighted by molar-refractivity contribution is 5.71. The molecule has 0 fully saturated rings. The molecule has 75 heavy (non-hydrogen) atoms. The Morgan fingerprint density at radius 3 is 0.813 bits per heavy atom. The lowest BCUT2D eigenvalue weighted by molar-refractivity contribution is -0.167. The summed E-state index contributed by atoms with van der Waals surface area (Å²) in [5, 5.41) is 0. The van der Waals surface area contributed by atoms with Gasteiger partial charge in [-0.1, -0.05) is 307 Å². The Bertz CT molecular complexity index is 1300. The molecule has 438 valence electrons. The van der Waals surface area contributed by atoms with E-state index in [1.54, 1.807) is 0 Å². The van der Waals surface area contributed by atoms with Crippen LogP contribution in [0.2, 0.25) is 0 Å². The molecular formula is C69H126O6. The molecule has 1 unspecified atom stereocenters. The lowest BCUT2D eigenvalue weighted by Crippen LogP contribution is -2.30. The summed E-state index contributed by atoms with van der Waals surface area (Å²) in [6.45, 7) is 6.61. The van der Waals surface area contributed by atoms with Crippen LogP contribution in [-0.2, 0) is 28.6 Å². The summed E-state index contributed by atoms with van der Waals surface area (Å²) < 4.78 is 16.9. The molecule has 0 rings (SSSR count). The number of allylic oxidation sites excluding steroid dienone is 8. The van der Waals surface area contributed by atoms with E-state index >= 15 is 0 Å². The number of hydrogen-bond acceptors (Lipinski definition) is 6. The standard InChI is InChI=1S/C69H126O6/c1-4-7-10-13-16-19-22-24-26-28-30-32-34-35-36-38-39-41-43-45-47-50-53-56-59-62-68(71)74-65-66(64-73-67(70)61-58-55-52-49-21-18-15-12-9-6-3)75-69(72)63-60-57-54-51-48-46-44-42-40-37-33-31-29-27-25-23-20-17-14-11-8-5-2/h12,15,22,24,28,30,34-35,66H,4-11,13-14,16-21,23,25-27,29,31-33,36-65H2,1-3H3/b15-12-,24-22-,30-28-,35-34-. The third kappa shape index (κ3) is 62.1. The van der Waals surface area contributed by atoms with Gasteiger partial charge in [-0.15, -0.1) is 0 Å². The van der Waals surface area contributed by atoms with Crippen molar-refractivity contribution in [1.82, 2.24) is 0 Å². The van der Waals surface area contributed by atoms with Crippen molar-refractivity contribution in [3.05, 3.63) is 48.6 Å². The Balaban J connectivity index is 4.20. The third-order valence-corrected chi connectivity index (χ3v) is 14.8. The minimum Gasteiger partial charge on any atom is -0.462 e. The molecule has 0 aromatic rings. The monoisotopic (exact) mass is 1050 g/mol. The second kappa shape index (κ2) is 63.9. The van der Waals surface area contributed by atoms with Crippen LogP contribution in [0.5, 0.6) is 0 Å². The number of esters is 3. The summed E-state index contributed by atoms with van der Waals surface area (Å²) in [7, 11) is 0. The normalized spacial score (nSPS) is 12.3. The first-order chi connectivity index (χ1) is 37.0. The maximum absolute atomic E-state index is 12.9. The number of rotatable bonds is 61. The fourth-order valence-corrected chi connectivity index (χ4v) is 9.81. The van der Waals surface area contributed by atoms with E-state index in [4.69, 9.17) is 14.2 Å². The van der Waals surface area contributed by atoms with E-state index in [0.717, 1.165) is 83.5 Å². The number of hydrogen-bond donors (Lipinski definition) is 0. The average Bonchev–Trinajstić information content (AvgIpc) is 3.41. The smallest absolute Gasteiger partial charge is 0.306 e. The molecule has 0 amide bonds. The van der Waals surface area contributed by atoms with Crippen LogP contribution < -0.4 is 0 Å². The van der Waals surface area contributed by atoms with Gasteiger partial charge in [0.05, 0.1) is 0 Å². The highest BCUT2D eigenvalue weighted by Gasteiger charge is 2.19. The molecule has 0 saturated heterocycles. The van der Waals surface area contributed by atoms with Gasteiger partial charge in [0.2, 0.25) is 0 Å². The first-order valence-corrected chi connectivity index (χ1v) is 33.1. The SMILES string of the molecule is CCC/C=C\CCCCCCCC(=O)OCC(COC(=O)CCCCCCCCCCCC/C=C\C/C=C\C/C=C\CCCCCCC)OC(=O)CCCCCCCCCCCCCCCCCCCCCCCC. The molecule has 0 spiro atoms. The van der Waals surface area contributed by atoms with Crippen LogP contribution in [0.15, 0.2) is 48.6 Å². The minimum atomic E-state index is -0.776. The van der Waals surface area contributed by atoms with Crippen LogP contribution >= 0.6 is 0 Å². The topological polar surface area (TPSA) is 78.9 Å². The van der Waals surface area contributed by atoms with Gasteiger partial charge in [0.1, 0.15) is 13.2 Å². The van der Waals surface area contributed by atoms with Crippen LogP contribution in [0, 0.1) is 0 Å². The molecule has 0 N–H and O–H groups in total. The van der Waals surface area contributed by atoms with Gasteiger partial charge in [-0.3, -0.25) is 14.4 Å². The van der Waals surface area contributed by atoms with Crippen molar-refractivity contribution in [2.45, 2.75) is 361 Å². The minimum absolute atomic E-state index is 0.0744. The van der Waals surface area contributed by atoms with Crippen molar-refractivity contribution in [3.8, 4) is 0 Å². The van der Waals surface area contributed by atoms with Crippen LogP contribution in [0.25, 0.3) is 0 Å². The number of ether oxygens (including phenoxy) is 3. The van der Waals surface area contributed by atoms with E-state index in [2.05, 4.69) is 69.4 Å². The van der Waals surface area contributed by atoms with Gasteiger partial charge in [0.15, 0.2) is 6.10 Å². The molecule has 0 heterocycles. The fraction of sp³-hybridized carbons (Fsp3) is 0.841. The molecule has 1 atom stereocenters. The van der Waals surface area contributed by atoms with Crippen molar-refractivity contribution < 1.29 is 28.6 Å². The highest BCUT2D eigenvalue weighted by Crippen LogP contribution is 2.18. The maximum atomic E-state index is 12.9. The van der Waals surface area contributed by atoms with Crippen molar-refractivity contribution >= 4 is 17.9 Å². The molecule has 0 saturated carbocycles. The summed E-state index contributed by atoms with van der Waals surface area (Å²) in [4.78, 5) is 38.2. The molecule has 0 aromatic carbocycles. The predicted octanol–water partition coefficient (Wildman–Crippen LogP) is 22.6. The van der Waals surface area contributed by atoms with Crippen LogP contribution in [0.1, 0.15) is 355 Å². The Morgan fingerprint density at radius 1 is 0.267 bits per heavy atom. The van der Waals surface area contributed by atoms with E-state index < -0.39 is 6.10 Å². The fourth-order valence-electron chi connectivity index (χ4n) is 9.81. The zero-order chi connectivity index (χ0) is 54.3. The van der Waals surface area contributed by atoms with E-state index in [9.17, 15) is 14.4 Å². The number of carbonyl (C=O) groups excluding carboxylic acids is 3. The second-order valence-corrected chi connectivity index (χ2v) is 22.4. The average molecular weight is 1050 g/mol. The molecule has 6 heteroatoms. The Hall–Kier alpha value is -2.63. The largest absolute Gasteiger partial charge is 0.462 e. The van der Waals surface area contributed by atoms with Crippen molar-refractivity contribution in [3.63, 3.8) is 0 Å². The van der Waals surface area contributed by atoms with Crippen molar-refractivity contribution in [2.24, 2.45) is 0 Å². The van der Waals surface area contributed by atoms with Gasteiger partial charge in [0.25, 0.3) is 0 Å². The van der Waals surface area contributed by atoms with Crippen molar-refractivity contribution in [1.29, 1.82) is 0 Å². The molecule has 0 radical (unpaired) electrons. The van der Waals surface area contributed by atoms with Crippen LogP contribution in [-0.4, -0.2) is 37.2 Å². The second-order valence-electron chi connectivity index (χ2n) is 22.4. The van der Waals surface area contributed by atoms with Gasteiger partial charge >= 0.3 is 17.9 Å². The Kier molecular flexibility index (Phi) is 61.7. The van der Waals surface area contributed by atoms with E-state index in [-0.39, 0.29) is 31.1 Å². The maximum Gasteiger partial charge on any atom is 0.306 e. The number of unbranched alkanes of at least 4 members (excludes halogenated alkanes) is 42. The molecule has 6 nitrogen and oxygen atoms in total. The summed E-state index contributed by atoms with van der Waals surface area (Å²) in [6, 6.07) is 0. The lowest BCUT2D eigenvalue weighted by Gasteiger charge is -2.18. The van der Waals surface area contributed by atoms with Gasteiger partial charge in [-0.2, -0.15) is 0 Å². The zero-order valence-electron chi connectivity index (χ0n) is 50.3. The summed E-state index contributed by atoms with van der Waals surface area (Å²) >= 11 is 0. The van der Waals surface area contributed by atoms with Gasteiger partial charge in [-0.25, -0.2) is 0 Å². The molecule has 0 bridgehead atoms. The predicted molar refractivity (Wildman–Crippen MR) is 325 cm³/mol. The molecule has 0 aliphatic rings. The first-order valence-electron chi connectivity index (χ1n) is 33.1. The summed E-state index contributed by atoms with van der Waals surface area (Å²) in [5.74, 6) is -0.868. The Labute approximate surface area is 467 Å². The summed E-state index contributed by atoms with van der Waals surface area (Å²) in [6.07, 6.45) is 79.9. The molecule has 0 aliphatic carbocycles. The Morgan fingerprint density at radius 2 is 0.507 bits per heavy atom. The zero-order valence-corrected chi connectivity index (χ0v) is 50.3. The quantitative estimate of drug-likeness (QED) is 0.0261. The van der Waals surface area contributed by atoms with Gasteiger partial charge in [0, 0.05) is 19.3 Å². The summed E-state index contributed by atoms with van der Waals surface area (Å²) in [5.41, 5.74) is 0. The van der Waals surface area contributed by atoms with Crippen LogP contribution in [0.4, 0.5) is 0 Å². The first kappa shape index (κ1) is 72.4. The lowest BCUT2D eigenvalue weighted by atomic mass is 10.0. The van der Waals surface area contributed by atoms with E-state index in [0.29, 0.717) is 19.3 Å². The van der Waals surface area contributed by atoms with Crippen molar-refractivity contribution in [2.75, 3.05) is 13.2 Å². The number of carbonyl (C=O) groups is 3. The van der Waals surface area contributed by atoms with E-state index in [1.807, 2.05) is 0 Å². The van der Waals surface area contributed by atoms with Gasteiger partial charge < -0.3 is 14.2 Å². The highest BCUT2D eigenvalue weighted by atomic mass is 16.6. The molecule has 0 aromatic heterocycles. The third-order valence-electron chi connectivity index (χ3n) is 14.8. The van der Waals surface area contributed by atoms with Gasteiger partial charge in [-0.05, 0) is 77.0 Å².